The second-order valence-electron chi connectivity index (χ2n) is 5.90. The van der Waals surface area contributed by atoms with E-state index in [-0.39, 0.29) is 5.66 Å². The van der Waals surface area contributed by atoms with Gasteiger partial charge in [-0.25, -0.2) is 0 Å². The number of rotatable bonds is 1. The number of hydrogen-bond acceptors (Lipinski definition) is 3. The summed E-state index contributed by atoms with van der Waals surface area (Å²) in [5, 5.41) is 6.79. The van der Waals surface area contributed by atoms with E-state index < -0.39 is 7.14 Å². The molecule has 1 heterocycles. The van der Waals surface area contributed by atoms with Gasteiger partial charge in [0.25, 0.3) is 0 Å². The highest BCUT2D eigenvalue weighted by Gasteiger charge is 2.46. The summed E-state index contributed by atoms with van der Waals surface area (Å²) >= 11 is 0. The van der Waals surface area contributed by atoms with Gasteiger partial charge in [-0.1, -0.05) is 30.3 Å². The Morgan fingerprint density at radius 3 is 2.80 bits per heavy atom. The summed E-state index contributed by atoms with van der Waals surface area (Å²) in [4.78, 5) is 0. The molecule has 1 N–H and O–H groups in total. The Labute approximate surface area is 119 Å². The van der Waals surface area contributed by atoms with E-state index in [0.717, 1.165) is 55.2 Å². The zero-order chi connectivity index (χ0) is 13.6. The Morgan fingerprint density at radius 1 is 1.10 bits per heavy atom. The van der Waals surface area contributed by atoms with Crippen LogP contribution in [0.15, 0.2) is 46.4 Å². The maximum absolute atomic E-state index is 14.1. The van der Waals surface area contributed by atoms with Crippen molar-refractivity contribution in [2.45, 2.75) is 44.2 Å². The average Bonchev–Trinajstić information content (AvgIpc) is 3.13. The number of fused-ring (bicyclic) bond motifs is 1. The highest BCUT2D eigenvalue weighted by atomic mass is 31.2. The Hall–Kier alpha value is -1.34. The number of nitrogens with zero attached hydrogens (tertiary/aromatic N) is 1. The summed E-state index contributed by atoms with van der Waals surface area (Å²) in [6.45, 7) is 0. The van der Waals surface area contributed by atoms with E-state index in [2.05, 4.69) is 10.5 Å². The van der Waals surface area contributed by atoms with Gasteiger partial charge in [-0.2, -0.15) is 5.10 Å². The minimum atomic E-state index is -2.53. The summed E-state index contributed by atoms with van der Waals surface area (Å²) in [7, 11) is -2.53. The molecule has 0 aromatic heterocycles. The lowest BCUT2D eigenvalue weighted by atomic mass is 10.3. The monoisotopic (exact) mass is 286 g/mol. The normalized spacial score (nSPS) is 32.2. The van der Waals surface area contributed by atoms with Crippen LogP contribution >= 0.6 is 7.14 Å². The summed E-state index contributed by atoms with van der Waals surface area (Å²) in [5.74, 6) is 0. The lowest BCUT2D eigenvalue weighted by molar-refractivity contribution is 0.579. The maximum atomic E-state index is 14.1. The Balaban J connectivity index is 1.94. The predicted octanol–water partition coefficient (Wildman–Crippen LogP) is 3.58. The van der Waals surface area contributed by atoms with E-state index >= 15 is 0 Å². The molecule has 4 heteroatoms. The third-order valence-electron chi connectivity index (χ3n) is 4.80. The van der Waals surface area contributed by atoms with Crippen LogP contribution in [0.1, 0.15) is 38.5 Å². The molecule has 2 unspecified atom stereocenters. The van der Waals surface area contributed by atoms with Crippen molar-refractivity contribution in [3.8, 4) is 0 Å². The van der Waals surface area contributed by atoms with Gasteiger partial charge in [0.05, 0.1) is 5.66 Å². The first-order valence-corrected chi connectivity index (χ1v) is 9.28. The molecule has 20 heavy (non-hydrogen) atoms. The highest BCUT2D eigenvalue weighted by Crippen LogP contribution is 2.65. The first kappa shape index (κ1) is 12.4. The predicted molar refractivity (Wildman–Crippen MR) is 82.8 cm³/mol. The van der Waals surface area contributed by atoms with Crippen molar-refractivity contribution in [3.63, 3.8) is 0 Å². The van der Waals surface area contributed by atoms with Crippen LogP contribution in [-0.2, 0) is 4.57 Å². The summed E-state index contributed by atoms with van der Waals surface area (Å²) in [6.07, 6.45) is 6.19. The zero-order valence-corrected chi connectivity index (χ0v) is 12.4. The van der Waals surface area contributed by atoms with Crippen molar-refractivity contribution < 1.29 is 4.57 Å². The molecule has 4 rings (SSSR count). The van der Waals surface area contributed by atoms with E-state index in [9.17, 15) is 4.57 Å². The second kappa shape index (κ2) is 4.60. The molecule has 1 saturated carbocycles. The van der Waals surface area contributed by atoms with Crippen LogP contribution in [0, 0.1) is 0 Å². The summed E-state index contributed by atoms with van der Waals surface area (Å²) in [6, 6.07) is 10.1. The quantitative estimate of drug-likeness (QED) is 0.802. The number of hydrogen-bond donors (Lipinski definition) is 1. The number of allylic oxidation sites excluding steroid dienone is 2. The third kappa shape index (κ3) is 1.66. The Bertz CT molecular complexity index is 648. The SMILES string of the molecule is O=P1(c2ccccc2)C2=C(CCC2)NN=C2CCCC21. The number of hydrazone groups is 1. The van der Waals surface area contributed by atoms with Gasteiger partial charge < -0.3 is 4.57 Å². The largest absolute Gasteiger partial charge is 0.313 e. The van der Waals surface area contributed by atoms with Gasteiger partial charge in [0.15, 0.2) is 0 Å². The molecule has 0 bridgehead atoms. The Morgan fingerprint density at radius 2 is 1.95 bits per heavy atom. The molecule has 1 aromatic carbocycles. The Kier molecular flexibility index (Phi) is 2.85. The van der Waals surface area contributed by atoms with Gasteiger partial charge >= 0.3 is 0 Å². The minimum Gasteiger partial charge on any atom is -0.313 e. The zero-order valence-electron chi connectivity index (χ0n) is 11.5. The molecular formula is C16H19N2OP. The van der Waals surface area contributed by atoms with Crippen molar-refractivity contribution in [2.24, 2.45) is 5.10 Å². The fraction of sp³-hybridized carbons (Fsp3) is 0.438. The van der Waals surface area contributed by atoms with Crippen LogP contribution in [0.5, 0.6) is 0 Å². The molecule has 0 saturated heterocycles. The smallest absolute Gasteiger partial charge is 0.149 e. The fourth-order valence-corrected chi connectivity index (χ4v) is 7.73. The van der Waals surface area contributed by atoms with Crippen LogP contribution in [0.25, 0.3) is 0 Å². The van der Waals surface area contributed by atoms with Crippen molar-refractivity contribution in [1.29, 1.82) is 0 Å². The van der Waals surface area contributed by atoms with Crippen LogP contribution < -0.4 is 10.7 Å². The van der Waals surface area contributed by atoms with Gasteiger partial charge in [-0.05, 0) is 38.5 Å². The van der Waals surface area contributed by atoms with E-state index in [4.69, 9.17) is 0 Å². The molecule has 1 aliphatic heterocycles. The van der Waals surface area contributed by atoms with E-state index in [1.54, 1.807) is 0 Å². The molecule has 3 nitrogen and oxygen atoms in total. The van der Waals surface area contributed by atoms with Crippen molar-refractivity contribution >= 4 is 18.2 Å². The molecule has 0 amide bonds. The molecule has 1 fully saturated rings. The van der Waals surface area contributed by atoms with Gasteiger partial charge in [0.2, 0.25) is 0 Å². The molecular weight excluding hydrogens is 267 g/mol. The van der Waals surface area contributed by atoms with Gasteiger partial charge in [0, 0.05) is 22.0 Å². The molecule has 2 atom stereocenters. The van der Waals surface area contributed by atoms with Crippen LogP contribution in [0.4, 0.5) is 0 Å². The number of benzene rings is 1. The lowest BCUT2D eigenvalue weighted by Crippen LogP contribution is -2.22. The van der Waals surface area contributed by atoms with Crippen LogP contribution in [-0.4, -0.2) is 11.4 Å². The second-order valence-corrected chi connectivity index (χ2v) is 8.89. The van der Waals surface area contributed by atoms with E-state index in [1.807, 2.05) is 30.3 Å². The van der Waals surface area contributed by atoms with Gasteiger partial charge in [-0.15, -0.1) is 0 Å². The van der Waals surface area contributed by atoms with Crippen molar-refractivity contribution in [2.75, 3.05) is 0 Å². The summed E-state index contributed by atoms with van der Waals surface area (Å²) < 4.78 is 14.1. The summed E-state index contributed by atoms with van der Waals surface area (Å²) in [5.41, 5.74) is 5.65. The first-order valence-electron chi connectivity index (χ1n) is 7.50. The van der Waals surface area contributed by atoms with Crippen molar-refractivity contribution in [3.05, 3.63) is 41.3 Å². The number of nitrogens with one attached hydrogen (secondary N) is 1. The highest BCUT2D eigenvalue weighted by molar-refractivity contribution is 7.77. The standard InChI is InChI=1S/C16H19N2OP/c19-20(12-6-2-1-3-7-12)15-10-4-8-13(15)17-18-14-9-5-11-16(14)20/h1-3,6-7,15,18H,4-5,8-11H2. The maximum Gasteiger partial charge on any atom is 0.149 e. The molecule has 1 aromatic rings. The molecule has 3 aliphatic rings. The van der Waals surface area contributed by atoms with Gasteiger partial charge in [-0.3, -0.25) is 5.43 Å². The van der Waals surface area contributed by atoms with Crippen LogP contribution in [0.3, 0.4) is 0 Å². The molecule has 0 radical (unpaired) electrons. The van der Waals surface area contributed by atoms with Crippen LogP contribution in [0.2, 0.25) is 0 Å². The van der Waals surface area contributed by atoms with Gasteiger partial charge in [0.1, 0.15) is 7.14 Å². The minimum absolute atomic E-state index is 0.142. The molecule has 0 spiro atoms. The van der Waals surface area contributed by atoms with E-state index in [0.29, 0.717) is 0 Å². The van der Waals surface area contributed by atoms with Crippen molar-refractivity contribution in [1.82, 2.24) is 5.43 Å². The molecule has 104 valence electrons. The van der Waals surface area contributed by atoms with E-state index in [1.165, 1.54) is 5.31 Å². The topological polar surface area (TPSA) is 41.5 Å². The molecule has 2 aliphatic carbocycles. The lowest BCUT2D eigenvalue weighted by Gasteiger charge is -2.26. The fourth-order valence-electron chi connectivity index (χ4n) is 3.86. The first-order chi connectivity index (χ1) is 9.80. The third-order valence-corrected chi connectivity index (χ3v) is 8.59. The average molecular weight is 286 g/mol.